The normalized spacial score (nSPS) is 10.1. The standard InChI is InChI=1S/C12H13N3O/c1-2-9-4-3-5-11(6-9)15-12(16)10-7-13-14-8-10/h3-8H,2H2,1H3,(H,13,14)(H,15,16). The Bertz CT molecular complexity index is 477. The molecule has 2 aromatic rings. The molecule has 1 amide bonds. The molecule has 0 spiro atoms. The molecule has 1 heterocycles. The van der Waals surface area contributed by atoms with E-state index in [1.165, 1.54) is 11.8 Å². The fraction of sp³-hybridized carbons (Fsp3) is 0.167. The zero-order chi connectivity index (χ0) is 11.4. The first-order valence-electron chi connectivity index (χ1n) is 5.18. The minimum atomic E-state index is -0.151. The molecule has 16 heavy (non-hydrogen) atoms. The molecule has 1 aromatic heterocycles. The van der Waals surface area contributed by atoms with Gasteiger partial charge >= 0.3 is 0 Å². The number of anilines is 1. The van der Waals surface area contributed by atoms with E-state index in [0.717, 1.165) is 12.1 Å². The number of benzene rings is 1. The van der Waals surface area contributed by atoms with Gasteiger partial charge in [0.25, 0.3) is 5.91 Å². The Morgan fingerprint density at radius 3 is 3.06 bits per heavy atom. The van der Waals surface area contributed by atoms with Gasteiger partial charge in [-0.2, -0.15) is 5.10 Å². The second-order valence-electron chi connectivity index (χ2n) is 3.50. The number of carbonyl (C=O) groups is 1. The van der Waals surface area contributed by atoms with E-state index in [-0.39, 0.29) is 5.91 Å². The van der Waals surface area contributed by atoms with Crippen LogP contribution in [0.15, 0.2) is 36.7 Å². The van der Waals surface area contributed by atoms with Crippen molar-refractivity contribution < 1.29 is 4.79 Å². The van der Waals surface area contributed by atoms with E-state index >= 15 is 0 Å². The summed E-state index contributed by atoms with van der Waals surface area (Å²) in [5.74, 6) is -0.151. The number of H-pyrrole nitrogens is 1. The molecule has 0 fully saturated rings. The summed E-state index contributed by atoms with van der Waals surface area (Å²) in [4.78, 5) is 11.7. The fourth-order valence-electron chi connectivity index (χ4n) is 1.45. The quantitative estimate of drug-likeness (QED) is 0.824. The molecule has 1 aromatic carbocycles. The van der Waals surface area contributed by atoms with E-state index in [9.17, 15) is 4.79 Å². The summed E-state index contributed by atoms with van der Waals surface area (Å²) in [5, 5.41) is 9.16. The molecule has 0 aliphatic rings. The van der Waals surface area contributed by atoms with Crippen molar-refractivity contribution in [1.29, 1.82) is 0 Å². The lowest BCUT2D eigenvalue weighted by Gasteiger charge is -2.04. The second kappa shape index (κ2) is 4.61. The van der Waals surface area contributed by atoms with Crippen LogP contribution in [0.5, 0.6) is 0 Å². The zero-order valence-corrected chi connectivity index (χ0v) is 9.03. The van der Waals surface area contributed by atoms with Gasteiger partial charge in [-0.3, -0.25) is 9.89 Å². The van der Waals surface area contributed by atoms with E-state index in [4.69, 9.17) is 0 Å². The molecule has 4 heteroatoms. The molecule has 0 saturated carbocycles. The Labute approximate surface area is 93.7 Å². The first-order valence-corrected chi connectivity index (χ1v) is 5.18. The van der Waals surface area contributed by atoms with Gasteiger partial charge in [-0.15, -0.1) is 0 Å². The number of aryl methyl sites for hydroxylation is 1. The van der Waals surface area contributed by atoms with Crippen LogP contribution in [-0.4, -0.2) is 16.1 Å². The Kier molecular flexibility index (Phi) is 3.00. The maximum absolute atomic E-state index is 11.7. The topological polar surface area (TPSA) is 57.8 Å². The number of nitrogens with zero attached hydrogens (tertiary/aromatic N) is 1. The van der Waals surface area contributed by atoms with Crippen molar-refractivity contribution in [3.8, 4) is 0 Å². The van der Waals surface area contributed by atoms with Gasteiger partial charge < -0.3 is 5.32 Å². The maximum Gasteiger partial charge on any atom is 0.258 e. The largest absolute Gasteiger partial charge is 0.322 e. The van der Waals surface area contributed by atoms with Crippen molar-refractivity contribution in [2.75, 3.05) is 5.32 Å². The molecule has 2 rings (SSSR count). The van der Waals surface area contributed by atoms with E-state index in [2.05, 4.69) is 22.4 Å². The molecular formula is C12H13N3O. The Balaban J connectivity index is 2.12. The van der Waals surface area contributed by atoms with Gasteiger partial charge in [-0.05, 0) is 24.1 Å². The number of aromatic amines is 1. The van der Waals surface area contributed by atoms with Gasteiger partial charge in [0, 0.05) is 11.9 Å². The molecule has 0 saturated heterocycles. The second-order valence-corrected chi connectivity index (χ2v) is 3.50. The van der Waals surface area contributed by atoms with E-state index in [0.29, 0.717) is 5.56 Å². The van der Waals surface area contributed by atoms with Crippen LogP contribution < -0.4 is 5.32 Å². The van der Waals surface area contributed by atoms with Gasteiger partial charge in [0.2, 0.25) is 0 Å². The average Bonchev–Trinajstić information content (AvgIpc) is 2.83. The summed E-state index contributed by atoms with van der Waals surface area (Å²) in [7, 11) is 0. The fourth-order valence-corrected chi connectivity index (χ4v) is 1.45. The SMILES string of the molecule is CCc1cccc(NC(=O)c2cn[nH]c2)c1. The third-order valence-corrected chi connectivity index (χ3v) is 2.35. The molecule has 0 radical (unpaired) electrons. The lowest BCUT2D eigenvalue weighted by atomic mass is 10.1. The smallest absolute Gasteiger partial charge is 0.258 e. The highest BCUT2D eigenvalue weighted by Crippen LogP contribution is 2.12. The maximum atomic E-state index is 11.7. The van der Waals surface area contributed by atoms with Crippen LogP contribution in [0.25, 0.3) is 0 Å². The summed E-state index contributed by atoms with van der Waals surface area (Å²) < 4.78 is 0. The van der Waals surface area contributed by atoms with Crippen molar-refractivity contribution >= 4 is 11.6 Å². The molecule has 82 valence electrons. The molecule has 4 nitrogen and oxygen atoms in total. The lowest BCUT2D eigenvalue weighted by molar-refractivity contribution is 0.102. The number of aromatic nitrogens is 2. The van der Waals surface area contributed by atoms with Crippen LogP contribution in [0.2, 0.25) is 0 Å². The van der Waals surface area contributed by atoms with Gasteiger partial charge in [0.1, 0.15) is 0 Å². The monoisotopic (exact) mass is 215 g/mol. The van der Waals surface area contributed by atoms with E-state index in [1.54, 1.807) is 6.20 Å². The third kappa shape index (κ3) is 2.28. The summed E-state index contributed by atoms with van der Waals surface area (Å²) in [5.41, 5.74) is 2.54. The summed E-state index contributed by atoms with van der Waals surface area (Å²) >= 11 is 0. The number of carbonyl (C=O) groups excluding carboxylic acids is 1. The number of hydrogen-bond donors (Lipinski definition) is 2. The highest BCUT2D eigenvalue weighted by Gasteiger charge is 2.06. The van der Waals surface area contributed by atoms with Crippen molar-refractivity contribution in [2.24, 2.45) is 0 Å². The van der Waals surface area contributed by atoms with Crippen LogP contribution in [-0.2, 0) is 6.42 Å². The average molecular weight is 215 g/mol. The zero-order valence-electron chi connectivity index (χ0n) is 9.03. The van der Waals surface area contributed by atoms with E-state index < -0.39 is 0 Å². The number of hydrogen-bond acceptors (Lipinski definition) is 2. The predicted molar refractivity (Wildman–Crippen MR) is 62.4 cm³/mol. The lowest BCUT2D eigenvalue weighted by Crippen LogP contribution is -2.10. The predicted octanol–water partition coefficient (Wildman–Crippen LogP) is 2.22. The summed E-state index contributed by atoms with van der Waals surface area (Å²) in [6.07, 6.45) is 4.02. The van der Waals surface area contributed by atoms with Crippen molar-refractivity contribution in [3.05, 3.63) is 47.8 Å². The van der Waals surface area contributed by atoms with Crippen LogP contribution in [0.1, 0.15) is 22.8 Å². The van der Waals surface area contributed by atoms with Gasteiger partial charge in [-0.25, -0.2) is 0 Å². The number of nitrogens with one attached hydrogen (secondary N) is 2. The highest BCUT2D eigenvalue weighted by atomic mass is 16.1. The minimum absolute atomic E-state index is 0.151. The van der Waals surface area contributed by atoms with Crippen LogP contribution in [0.4, 0.5) is 5.69 Å². The van der Waals surface area contributed by atoms with Gasteiger partial charge in [0.15, 0.2) is 0 Å². The van der Waals surface area contributed by atoms with Crippen LogP contribution in [0.3, 0.4) is 0 Å². The number of amides is 1. The van der Waals surface area contributed by atoms with Gasteiger partial charge in [0.05, 0.1) is 11.8 Å². The van der Waals surface area contributed by atoms with Crippen molar-refractivity contribution in [1.82, 2.24) is 10.2 Å². The molecular weight excluding hydrogens is 202 g/mol. The minimum Gasteiger partial charge on any atom is -0.322 e. The third-order valence-electron chi connectivity index (χ3n) is 2.35. The molecule has 0 unspecified atom stereocenters. The highest BCUT2D eigenvalue weighted by molar-refractivity contribution is 6.03. The summed E-state index contributed by atoms with van der Waals surface area (Å²) in [6.45, 7) is 2.08. The molecule has 2 N–H and O–H groups in total. The van der Waals surface area contributed by atoms with Crippen molar-refractivity contribution in [3.63, 3.8) is 0 Å². The number of rotatable bonds is 3. The Morgan fingerprint density at radius 2 is 2.38 bits per heavy atom. The molecule has 0 bridgehead atoms. The first-order chi connectivity index (χ1) is 7.79. The van der Waals surface area contributed by atoms with E-state index in [1.807, 2.05) is 24.3 Å². The first kappa shape index (κ1) is 10.4. The Hall–Kier alpha value is -2.10. The van der Waals surface area contributed by atoms with Crippen molar-refractivity contribution in [2.45, 2.75) is 13.3 Å². The summed E-state index contributed by atoms with van der Waals surface area (Å²) in [6, 6.07) is 7.81. The molecule has 0 atom stereocenters. The molecule has 0 aliphatic carbocycles. The van der Waals surface area contributed by atoms with Crippen LogP contribution >= 0.6 is 0 Å². The molecule has 0 aliphatic heterocycles. The van der Waals surface area contributed by atoms with Gasteiger partial charge in [-0.1, -0.05) is 19.1 Å². The Morgan fingerprint density at radius 1 is 1.50 bits per heavy atom. The van der Waals surface area contributed by atoms with Crippen LogP contribution in [0, 0.1) is 0 Å².